The fraction of sp³-hybridized carbons (Fsp3) is 0.500. The summed E-state index contributed by atoms with van der Waals surface area (Å²) in [6.45, 7) is 3.57. The normalized spacial score (nSPS) is 18.3. The quantitative estimate of drug-likeness (QED) is 0.670. The number of hydrogen-bond donors (Lipinski definition) is 1. The number of carbonyl (C=O) groups is 2. The zero-order valence-electron chi connectivity index (χ0n) is 12.4. The molecule has 1 saturated heterocycles. The summed E-state index contributed by atoms with van der Waals surface area (Å²) in [4.78, 5) is 26.5. The van der Waals surface area contributed by atoms with Gasteiger partial charge in [0.15, 0.2) is 0 Å². The Morgan fingerprint density at radius 3 is 2.81 bits per heavy atom. The summed E-state index contributed by atoms with van der Waals surface area (Å²) in [5.41, 5.74) is 0. The van der Waals surface area contributed by atoms with Crippen molar-refractivity contribution in [2.24, 2.45) is 5.92 Å². The standard InChI is InChI=1S/C16H22N2O2S/c1-13(19)18-10-5-6-14(12-18)16(20)17-9-11-21-15-7-3-2-4-8-15/h2-4,7-8,14H,5-6,9-12H2,1H3,(H,17,20)/t14-/m1/s1. The molecule has 0 unspecified atom stereocenters. The van der Waals surface area contributed by atoms with E-state index in [2.05, 4.69) is 17.4 Å². The van der Waals surface area contributed by atoms with Crippen LogP contribution in [0.5, 0.6) is 0 Å². The lowest BCUT2D eigenvalue weighted by Crippen LogP contribution is -2.45. The largest absolute Gasteiger partial charge is 0.355 e. The molecule has 1 heterocycles. The van der Waals surface area contributed by atoms with E-state index >= 15 is 0 Å². The van der Waals surface area contributed by atoms with Crippen molar-refractivity contribution in [3.63, 3.8) is 0 Å². The lowest BCUT2D eigenvalue weighted by atomic mass is 9.97. The van der Waals surface area contributed by atoms with Gasteiger partial charge in [-0.25, -0.2) is 0 Å². The minimum Gasteiger partial charge on any atom is -0.355 e. The third-order valence-corrected chi connectivity index (χ3v) is 4.66. The summed E-state index contributed by atoms with van der Waals surface area (Å²) in [6.07, 6.45) is 1.79. The van der Waals surface area contributed by atoms with Crippen molar-refractivity contribution >= 4 is 23.6 Å². The van der Waals surface area contributed by atoms with Crippen LogP contribution in [0.15, 0.2) is 35.2 Å². The first kappa shape index (κ1) is 15.9. The number of nitrogens with zero attached hydrogens (tertiary/aromatic N) is 1. The number of amides is 2. The second-order valence-corrected chi connectivity index (χ2v) is 6.43. The third kappa shape index (κ3) is 5.08. The molecule has 0 spiro atoms. The molecule has 1 atom stereocenters. The molecule has 1 N–H and O–H groups in total. The molecule has 0 saturated carbocycles. The van der Waals surface area contributed by atoms with Gasteiger partial charge in [-0.1, -0.05) is 18.2 Å². The highest BCUT2D eigenvalue weighted by Crippen LogP contribution is 2.18. The molecule has 1 aliphatic heterocycles. The fourth-order valence-corrected chi connectivity index (χ4v) is 3.27. The van der Waals surface area contributed by atoms with Crippen LogP contribution in [0.4, 0.5) is 0 Å². The number of carbonyl (C=O) groups excluding carboxylic acids is 2. The van der Waals surface area contributed by atoms with Gasteiger partial charge in [-0.05, 0) is 25.0 Å². The first-order chi connectivity index (χ1) is 10.2. The molecule has 1 aromatic rings. The van der Waals surface area contributed by atoms with Gasteiger partial charge >= 0.3 is 0 Å². The lowest BCUT2D eigenvalue weighted by Gasteiger charge is -2.31. The Kier molecular flexibility index (Phi) is 6.11. The Labute approximate surface area is 130 Å². The molecule has 0 bridgehead atoms. The number of nitrogens with one attached hydrogen (secondary N) is 1. The molecule has 114 valence electrons. The maximum absolute atomic E-state index is 12.1. The average molecular weight is 306 g/mol. The zero-order valence-corrected chi connectivity index (χ0v) is 13.2. The van der Waals surface area contributed by atoms with Crippen molar-refractivity contribution in [2.45, 2.75) is 24.7 Å². The number of hydrogen-bond acceptors (Lipinski definition) is 3. The molecule has 2 amide bonds. The molecular formula is C16H22N2O2S. The second-order valence-electron chi connectivity index (χ2n) is 5.26. The van der Waals surface area contributed by atoms with Gasteiger partial charge in [0.05, 0.1) is 5.92 Å². The number of thioether (sulfide) groups is 1. The van der Waals surface area contributed by atoms with Crippen LogP contribution in [-0.4, -0.2) is 42.1 Å². The molecule has 2 rings (SSSR count). The van der Waals surface area contributed by atoms with Gasteiger partial charge in [0, 0.05) is 37.2 Å². The molecule has 0 aromatic heterocycles. The maximum atomic E-state index is 12.1. The van der Waals surface area contributed by atoms with Crippen molar-refractivity contribution in [1.82, 2.24) is 10.2 Å². The highest BCUT2D eigenvalue weighted by molar-refractivity contribution is 7.99. The van der Waals surface area contributed by atoms with E-state index in [0.29, 0.717) is 13.1 Å². The Hall–Kier alpha value is -1.49. The van der Waals surface area contributed by atoms with Gasteiger partial charge in [-0.3, -0.25) is 9.59 Å². The van der Waals surface area contributed by atoms with Crippen LogP contribution in [0.25, 0.3) is 0 Å². The van der Waals surface area contributed by atoms with E-state index in [1.54, 1.807) is 23.6 Å². The summed E-state index contributed by atoms with van der Waals surface area (Å²) in [5, 5.41) is 2.98. The monoisotopic (exact) mass is 306 g/mol. The molecule has 4 nitrogen and oxygen atoms in total. The predicted octanol–water partition coefficient (Wildman–Crippen LogP) is 2.15. The minimum atomic E-state index is -0.0515. The second kappa shape index (κ2) is 8.08. The van der Waals surface area contributed by atoms with Crippen molar-refractivity contribution in [3.05, 3.63) is 30.3 Å². The molecule has 5 heteroatoms. The highest BCUT2D eigenvalue weighted by atomic mass is 32.2. The van der Waals surface area contributed by atoms with Crippen LogP contribution in [-0.2, 0) is 9.59 Å². The first-order valence-electron chi connectivity index (χ1n) is 7.38. The van der Waals surface area contributed by atoms with E-state index in [-0.39, 0.29) is 17.7 Å². The van der Waals surface area contributed by atoms with Crippen molar-refractivity contribution in [3.8, 4) is 0 Å². The molecule has 0 aliphatic carbocycles. The Morgan fingerprint density at radius 1 is 1.33 bits per heavy atom. The van der Waals surface area contributed by atoms with E-state index in [0.717, 1.165) is 25.1 Å². The zero-order chi connectivity index (χ0) is 15.1. The van der Waals surface area contributed by atoms with Crippen molar-refractivity contribution in [1.29, 1.82) is 0 Å². The summed E-state index contributed by atoms with van der Waals surface area (Å²) in [5.74, 6) is 0.949. The van der Waals surface area contributed by atoms with Crippen LogP contribution < -0.4 is 5.32 Å². The molecule has 1 aromatic carbocycles. The third-order valence-electron chi connectivity index (χ3n) is 3.65. The van der Waals surface area contributed by atoms with E-state index in [1.165, 1.54) is 4.90 Å². The average Bonchev–Trinajstić information content (AvgIpc) is 2.52. The number of piperidine rings is 1. The van der Waals surface area contributed by atoms with Crippen LogP contribution in [0.1, 0.15) is 19.8 Å². The van der Waals surface area contributed by atoms with Gasteiger partial charge in [-0.2, -0.15) is 0 Å². The lowest BCUT2D eigenvalue weighted by molar-refractivity contribution is -0.133. The van der Waals surface area contributed by atoms with E-state index < -0.39 is 0 Å². The van der Waals surface area contributed by atoms with E-state index in [9.17, 15) is 9.59 Å². The number of benzene rings is 1. The summed E-state index contributed by atoms with van der Waals surface area (Å²) in [6, 6.07) is 10.2. The number of likely N-dealkylation sites (tertiary alicyclic amines) is 1. The van der Waals surface area contributed by atoms with Crippen LogP contribution in [0.2, 0.25) is 0 Å². The van der Waals surface area contributed by atoms with E-state index in [1.807, 2.05) is 18.2 Å². The molecule has 1 fully saturated rings. The molecule has 1 aliphatic rings. The summed E-state index contributed by atoms with van der Waals surface area (Å²) in [7, 11) is 0. The Balaban J connectivity index is 1.68. The van der Waals surface area contributed by atoms with Gasteiger partial charge < -0.3 is 10.2 Å². The SMILES string of the molecule is CC(=O)N1CCC[C@@H](C(=O)NCCSc2ccccc2)C1. The van der Waals surface area contributed by atoms with Crippen LogP contribution >= 0.6 is 11.8 Å². The van der Waals surface area contributed by atoms with Crippen molar-refractivity contribution < 1.29 is 9.59 Å². The van der Waals surface area contributed by atoms with Gasteiger partial charge in [0.25, 0.3) is 0 Å². The predicted molar refractivity (Wildman–Crippen MR) is 85.2 cm³/mol. The maximum Gasteiger partial charge on any atom is 0.224 e. The molecule has 21 heavy (non-hydrogen) atoms. The Morgan fingerprint density at radius 2 is 2.10 bits per heavy atom. The Bertz CT molecular complexity index is 478. The summed E-state index contributed by atoms with van der Waals surface area (Å²) >= 11 is 1.74. The van der Waals surface area contributed by atoms with E-state index in [4.69, 9.17) is 0 Å². The highest BCUT2D eigenvalue weighted by Gasteiger charge is 2.26. The van der Waals surface area contributed by atoms with Crippen LogP contribution in [0.3, 0.4) is 0 Å². The molecular weight excluding hydrogens is 284 g/mol. The topological polar surface area (TPSA) is 49.4 Å². The summed E-state index contributed by atoms with van der Waals surface area (Å²) < 4.78 is 0. The smallest absolute Gasteiger partial charge is 0.224 e. The molecule has 0 radical (unpaired) electrons. The van der Waals surface area contributed by atoms with Gasteiger partial charge in [0.2, 0.25) is 11.8 Å². The number of rotatable bonds is 5. The van der Waals surface area contributed by atoms with Crippen molar-refractivity contribution in [2.75, 3.05) is 25.4 Å². The van der Waals surface area contributed by atoms with Gasteiger partial charge in [-0.15, -0.1) is 11.8 Å². The minimum absolute atomic E-state index is 0.0515. The fourth-order valence-electron chi connectivity index (χ4n) is 2.48. The first-order valence-corrected chi connectivity index (χ1v) is 8.36. The van der Waals surface area contributed by atoms with Gasteiger partial charge in [0.1, 0.15) is 0 Å². The van der Waals surface area contributed by atoms with Crippen LogP contribution in [0, 0.1) is 5.92 Å².